The van der Waals surface area contributed by atoms with Crippen molar-refractivity contribution in [3.05, 3.63) is 82.7 Å². The van der Waals surface area contributed by atoms with E-state index in [4.69, 9.17) is 0 Å². The minimum Gasteiger partial charge on any atom is -0.508 e. The van der Waals surface area contributed by atoms with Gasteiger partial charge in [-0.05, 0) is 92.6 Å². The SMILES string of the molecule is CCc1nnc(-c2cc(C(C)C)c(O)cc2O)n1-c1ccc(CN2CCC(C(=O)N3CCC[C@H]3C(=O)Nc3cccc4c3CN(C3CCC(=O)NC3=O)C4=O)CC2)cc1. The van der Waals surface area contributed by atoms with Gasteiger partial charge in [0, 0.05) is 67.0 Å². The van der Waals surface area contributed by atoms with Crippen molar-refractivity contribution in [1.82, 2.24) is 34.8 Å². The highest BCUT2D eigenvalue weighted by atomic mass is 16.3. The molecule has 308 valence electrons. The van der Waals surface area contributed by atoms with Crippen LogP contribution in [-0.4, -0.2) is 101 Å². The lowest BCUT2D eigenvalue weighted by atomic mass is 9.94. The molecule has 1 aromatic heterocycles. The van der Waals surface area contributed by atoms with E-state index in [2.05, 4.69) is 37.9 Å². The lowest BCUT2D eigenvalue weighted by Crippen LogP contribution is -2.52. The van der Waals surface area contributed by atoms with Gasteiger partial charge in [0.1, 0.15) is 29.4 Å². The number of fused-ring (bicyclic) bond motifs is 1. The van der Waals surface area contributed by atoms with Gasteiger partial charge < -0.3 is 25.3 Å². The van der Waals surface area contributed by atoms with Crippen LogP contribution in [0.15, 0.2) is 54.6 Å². The molecule has 2 atom stereocenters. The van der Waals surface area contributed by atoms with Crippen molar-refractivity contribution in [2.24, 2.45) is 5.92 Å². The Morgan fingerprint density at radius 1 is 0.915 bits per heavy atom. The van der Waals surface area contributed by atoms with Crippen molar-refractivity contribution in [2.45, 2.75) is 96.8 Å². The van der Waals surface area contributed by atoms with Crippen molar-refractivity contribution in [3.63, 3.8) is 0 Å². The number of aromatic nitrogens is 3. The third kappa shape index (κ3) is 7.66. The summed E-state index contributed by atoms with van der Waals surface area (Å²) >= 11 is 0. The predicted molar refractivity (Wildman–Crippen MR) is 217 cm³/mol. The summed E-state index contributed by atoms with van der Waals surface area (Å²) < 4.78 is 1.94. The van der Waals surface area contributed by atoms with Crippen LogP contribution in [0, 0.1) is 5.92 Å². The van der Waals surface area contributed by atoms with Gasteiger partial charge >= 0.3 is 0 Å². The number of imide groups is 1. The summed E-state index contributed by atoms with van der Waals surface area (Å²) in [4.78, 5) is 70.8. The quantitative estimate of drug-likeness (QED) is 0.165. The van der Waals surface area contributed by atoms with Crippen molar-refractivity contribution in [1.29, 1.82) is 0 Å². The Morgan fingerprint density at radius 3 is 2.39 bits per heavy atom. The second-order valence-electron chi connectivity index (χ2n) is 16.3. The summed E-state index contributed by atoms with van der Waals surface area (Å²) in [5.41, 5.74) is 4.71. The zero-order valence-electron chi connectivity index (χ0n) is 33.6. The van der Waals surface area contributed by atoms with Gasteiger partial charge in [0.2, 0.25) is 23.6 Å². The van der Waals surface area contributed by atoms with E-state index >= 15 is 0 Å². The molecule has 0 spiro atoms. The highest BCUT2D eigenvalue weighted by Gasteiger charge is 2.42. The smallest absolute Gasteiger partial charge is 0.255 e. The molecule has 0 saturated carbocycles. The maximum Gasteiger partial charge on any atom is 0.255 e. The van der Waals surface area contributed by atoms with E-state index in [0.717, 1.165) is 36.6 Å². The monoisotopic (exact) mass is 802 g/mol. The minimum absolute atomic E-state index is 0.000749. The van der Waals surface area contributed by atoms with Crippen LogP contribution in [0.2, 0.25) is 0 Å². The molecular weight excluding hydrogens is 753 g/mol. The molecule has 15 heteroatoms. The number of phenolic OH excluding ortho intramolecular Hbond substituents is 2. The summed E-state index contributed by atoms with van der Waals surface area (Å²) in [6, 6.07) is 15.1. The van der Waals surface area contributed by atoms with Gasteiger partial charge in [-0.25, -0.2) is 0 Å². The van der Waals surface area contributed by atoms with E-state index in [0.29, 0.717) is 72.5 Å². The van der Waals surface area contributed by atoms with E-state index in [9.17, 15) is 34.2 Å². The third-order valence-corrected chi connectivity index (χ3v) is 12.3. The molecule has 59 heavy (non-hydrogen) atoms. The molecule has 0 radical (unpaired) electrons. The van der Waals surface area contributed by atoms with Crippen LogP contribution in [0.3, 0.4) is 0 Å². The minimum atomic E-state index is -0.756. The van der Waals surface area contributed by atoms with Gasteiger partial charge in [-0.1, -0.05) is 39.0 Å². The molecule has 4 aliphatic rings. The molecule has 3 fully saturated rings. The molecule has 4 aromatic rings. The maximum absolute atomic E-state index is 13.9. The maximum atomic E-state index is 13.9. The second-order valence-corrected chi connectivity index (χ2v) is 16.3. The van der Waals surface area contributed by atoms with Gasteiger partial charge in [0.25, 0.3) is 5.91 Å². The predicted octanol–water partition coefficient (Wildman–Crippen LogP) is 4.63. The average molecular weight is 803 g/mol. The van der Waals surface area contributed by atoms with E-state index in [1.54, 1.807) is 29.2 Å². The Labute approximate surface area is 342 Å². The van der Waals surface area contributed by atoms with Crippen LogP contribution in [0.5, 0.6) is 11.5 Å². The standard InChI is InChI=1S/C44H50N8O7/c1-4-38-47-48-40(31-21-30(25(2)3)36(53)22-37(31)54)52(38)28-12-10-26(11-13-28)23-49-19-16-27(17-20-49)43(58)50-18-6-9-34(50)41(56)45-33-8-5-7-29-32(33)24-51(44(29)59)35-14-15-39(55)46-42(35)57/h5,7-8,10-13,21-22,25,27,34-35,53-54H,4,6,9,14-20,23-24H2,1-3H3,(H,45,56)(H,46,55,57)/t34-,35?/m0/s1. The fourth-order valence-corrected chi connectivity index (χ4v) is 9.03. The second kappa shape index (κ2) is 16.3. The van der Waals surface area contributed by atoms with E-state index in [-0.39, 0.29) is 66.3 Å². The molecule has 3 aromatic carbocycles. The van der Waals surface area contributed by atoms with Crippen molar-refractivity contribution < 1.29 is 34.2 Å². The van der Waals surface area contributed by atoms with Crippen LogP contribution >= 0.6 is 0 Å². The first kappa shape index (κ1) is 39.7. The van der Waals surface area contributed by atoms with E-state index in [1.807, 2.05) is 37.5 Å². The summed E-state index contributed by atoms with van der Waals surface area (Å²) in [5, 5.41) is 35.4. The van der Waals surface area contributed by atoms with Crippen molar-refractivity contribution >= 4 is 35.2 Å². The highest BCUT2D eigenvalue weighted by Crippen LogP contribution is 2.39. The number of rotatable bonds is 10. The Hall–Kier alpha value is -6.09. The number of anilines is 1. The van der Waals surface area contributed by atoms with Gasteiger partial charge in [-0.15, -0.1) is 10.2 Å². The van der Waals surface area contributed by atoms with Crippen molar-refractivity contribution in [3.8, 4) is 28.6 Å². The summed E-state index contributed by atoms with van der Waals surface area (Å²) in [7, 11) is 0. The number of nitrogens with zero attached hydrogens (tertiary/aromatic N) is 6. The van der Waals surface area contributed by atoms with Gasteiger partial charge in [0.05, 0.1) is 5.56 Å². The summed E-state index contributed by atoms with van der Waals surface area (Å²) in [6.07, 6.45) is 3.68. The highest BCUT2D eigenvalue weighted by molar-refractivity contribution is 6.07. The van der Waals surface area contributed by atoms with E-state index < -0.39 is 18.0 Å². The van der Waals surface area contributed by atoms with Crippen LogP contribution in [0.25, 0.3) is 17.1 Å². The number of benzene rings is 3. The number of carbonyl (C=O) groups is 5. The zero-order valence-corrected chi connectivity index (χ0v) is 33.6. The number of phenols is 2. The first-order valence-electron chi connectivity index (χ1n) is 20.6. The fraction of sp³-hybridized carbons (Fsp3) is 0.432. The van der Waals surface area contributed by atoms with Crippen LogP contribution in [-0.2, 0) is 38.7 Å². The molecule has 1 unspecified atom stereocenters. The fourth-order valence-electron chi connectivity index (χ4n) is 9.03. The molecule has 0 bridgehead atoms. The first-order chi connectivity index (χ1) is 28.4. The van der Waals surface area contributed by atoms with Crippen LogP contribution < -0.4 is 10.6 Å². The van der Waals surface area contributed by atoms with Gasteiger partial charge in [0.15, 0.2) is 5.82 Å². The number of hydrogen-bond donors (Lipinski definition) is 4. The van der Waals surface area contributed by atoms with Crippen LogP contribution in [0.4, 0.5) is 5.69 Å². The van der Waals surface area contributed by atoms with Crippen LogP contribution in [0.1, 0.15) is 98.1 Å². The topological polar surface area (TPSA) is 190 Å². The molecule has 3 saturated heterocycles. The third-order valence-electron chi connectivity index (χ3n) is 12.3. The number of piperidine rings is 2. The summed E-state index contributed by atoms with van der Waals surface area (Å²) in [5.74, 6) is -0.375. The molecule has 4 aliphatic heterocycles. The Bertz CT molecular complexity index is 2310. The average Bonchev–Trinajstić information content (AvgIpc) is 3.97. The summed E-state index contributed by atoms with van der Waals surface area (Å²) in [6.45, 7) is 8.81. The number of amides is 5. The lowest BCUT2D eigenvalue weighted by molar-refractivity contribution is -0.141. The van der Waals surface area contributed by atoms with Gasteiger partial charge in [-0.2, -0.15) is 0 Å². The number of aryl methyl sites for hydroxylation is 1. The molecule has 0 aliphatic carbocycles. The number of hydrogen-bond acceptors (Lipinski definition) is 10. The Kier molecular flexibility index (Phi) is 11.0. The number of nitrogens with one attached hydrogen (secondary N) is 2. The lowest BCUT2D eigenvalue weighted by Gasteiger charge is -2.34. The molecule has 5 heterocycles. The zero-order chi connectivity index (χ0) is 41.5. The Balaban J connectivity index is 0.878. The molecular formula is C44H50N8O7. The molecule has 8 rings (SSSR count). The largest absolute Gasteiger partial charge is 0.508 e. The molecule has 15 nitrogen and oxygen atoms in total. The number of carbonyl (C=O) groups excluding carboxylic acids is 5. The number of likely N-dealkylation sites (tertiary alicyclic amines) is 2. The van der Waals surface area contributed by atoms with Gasteiger partial charge in [-0.3, -0.25) is 38.8 Å². The first-order valence-corrected chi connectivity index (χ1v) is 20.6. The van der Waals surface area contributed by atoms with E-state index in [1.165, 1.54) is 11.0 Å². The van der Waals surface area contributed by atoms with Crippen molar-refractivity contribution in [2.75, 3.05) is 25.0 Å². The normalized spacial score (nSPS) is 20.0. The molecule has 4 N–H and O–H groups in total. The molecule has 5 amide bonds. The Morgan fingerprint density at radius 2 is 1.68 bits per heavy atom. The number of aromatic hydroxyl groups is 2.